The second-order valence-corrected chi connectivity index (χ2v) is 7.47. The van der Waals surface area contributed by atoms with Gasteiger partial charge in [0.1, 0.15) is 0 Å². The van der Waals surface area contributed by atoms with Crippen LogP contribution in [0.25, 0.3) is 10.8 Å². The molecule has 1 saturated carbocycles. The zero-order valence-corrected chi connectivity index (χ0v) is 16.4. The number of fused-ring (bicyclic) bond motifs is 1. The van der Waals surface area contributed by atoms with Crippen LogP contribution in [0.5, 0.6) is 0 Å². The normalized spacial score (nSPS) is 14.8. The van der Waals surface area contributed by atoms with Crippen molar-refractivity contribution in [3.63, 3.8) is 0 Å². The van der Waals surface area contributed by atoms with Crippen molar-refractivity contribution in [2.75, 3.05) is 0 Å². The van der Waals surface area contributed by atoms with Crippen molar-refractivity contribution in [1.29, 1.82) is 0 Å². The number of aromatic nitrogens is 2. The summed E-state index contributed by atoms with van der Waals surface area (Å²) in [6.45, 7) is 2.37. The number of aryl methyl sites for hydroxylation is 1. The first-order valence-corrected chi connectivity index (χ1v) is 10.2. The highest BCUT2D eigenvalue weighted by molar-refractivity contribution is 6.05. The second kappa shape index (κ2) is 9.48. The highest BCUT2D eigenvalue weighted by Crippen LogP contribution is 2.27. The fraction of sp³-hybridized carbons (Fsp3) is 0.524. The first kappa shape index (κ1) is 20.0. The maximum Gasteiger partial charge on any atom is 0.290 e. The lowest BCUT2D eigenvalue weighted by Crippen LogP contribution is -2.42. The van der Waals surface area contributed by atoms with E-state index in [9.17, 15) is 14.4 Å². The molecule has 0 aliphatic heterocycles. The van der Waals surface area contributed by atoms with Gasteiger partial charge in [0.25, 0.3) is 11.5 Å². The van der Waals surface area contributed by atoms with Crippen molar-refractivity contribution in [1.82, 2.24) is 20.6 Å². The predicted molar refractivity (Wildman–Crippen MR) is 108 cm³/mol. The minimum atomic E-state index is -0.521. The van der Waals surface area contributed by atoms with E-state index in [1.54, 1.807) is 24.3 Å². The molecule has 0 bridgehead atoms. The second-order valence-electron chi connectivity index (χ2n) is 7.47. The number of benzene rings is 1. The molecule has 3 rings (SSSR count). The van der Waals surface area contributed by atoms with Gasteiger partial charge in [-0.3, -0.25) is 25.2 Å². The van der Waals surface area contributed by atoms with Gasteiger partial charge in [0.05, 0.1) is 5.39 Å². The SMILES string of the molecule is CCCn1nc(C(=O)NNC(=O)CCC2CCCCC2)c2ccccc2c1=O. The van der Waals surface area contributed by atoms with E-state index in [1.807, 2.05) is 6.92 Å². The molecule has 1 aliphatic rings. The Kier molecular flexibility index (Phi) is 6.79. The molecule has 1 aromatic carbocycles. The smallest absolute Gasteiger partial charge is 0.273 e. The molecule has 0 saturated heterocycles. The van der Waals surface area contributed by atoms with E-state index in [2.05, 4.69) is 16.0 Å². The van der Waals surface area contributed by atoms with Crippen LogP contribution < -0.4 is 16.4 Å². The Balaban J connectivity index is 1.66. The van der Waals surface area contributed by atoms with E-state index in [-0.39, 0.29) is 17.2 Å². The molecule has 0 unspecified atom stereocenters. The van der Waals surface area contributed by atoms with E-state index in [0.29, 0.717) is 29.7 Å². The summed E-state index contributed by atoms with van der Waals surface area (Å²) in [5, 5.41) is 5.15. The van der Waals surface area contributed by atoms with Crippen LogP contribution in [0.15, 0.2) is 29.1 Å². The average Bonchev–Trinajstić information content (AvgIpc) is 2.73. The summed E-state index contributed by atoms with van der Waals surface area (Å²) in [6, 6.07) is 6.90. The molecule has 1 heterocycles. The summed E-state index contributed by atoms with van der Waals surface area (Å²) in [6.07, 6.45) is 8.14. The molecular weight excluding hydrogens is 356 g/mol. The summed E-state index contributed by atoms with van der Waals surface area (Å²) in [7, 11) is 0. The lowest BCUT2D eigenvalue weighted by molar-refractivity contribution is -0.122. The number of hydrazine groups is 1. The fourth-order valence-electron chi connectivity index (χ4n) is 3.83. The van der Waals surface area contributed by atoms with E-state index in [1.165, 1.54) is 36.8 Å². The van der Waals surface area contributed by atoms with Crippen LogP contribution in [0.4, 0.5) is 0 Å². The van der Waals surface area contributed by atoms with E-state index < -0.39 is 5.91 Å². The van der Waals surface area contributed by atoms with Gasteiger partial charge in [-0.15, -0.1) is 0 Å². The summed E-state index contributed by atoms with van der Waals surface area (Å²) in [4.78, 5) is 37.2. The molecular formula is C21H28N4O3. The monoisotopic (exact) mass is 384 g/mol. The predicted octanol–water partition coefficient (Wildman–Crippen LogP) is 2.93. The van der Waals surface area contributed by atoms with Gasteiger partial charge in [-0.05, 0) is 24.8 Å². The minimum Gasteiger partial charge on any atom is -0.273 e. The highest BCUT2D eigenvalue weighted by Gasteiger charge is 2.18. The topological polar surface area (TPSA) is 93.1 Å². The number of carbonyl (C=O) groups excluding carboxylic acids is 2. The summed E-state index contributed by atoms with van der Waals surface area (Å²) >= 11 is 0. The van der Waals surface area contributed by atoms with Crippen LogP contribution in [-0.2, 0) is 11.3 Å². The molecule has 150 valence electrons. The molecule has 7 nitrogen and oxygen atoms in total. The Morgan fingerprint density at radius 2 is 1.82 bits per heavy atom. The zero-order chi connectivity index (χ0) is 19.9. The first-order chi connectivity index (χ1) is 13.6. The number of rotatable bonds is 6. The Morgan fingerprint density at radius 3 is 2.54 bits per heavy atom. The molecule has 0 spiro atoms. The van der Waals surface area contributed by atoms with Crippen molar-refractivity contribution >= 4 is 22.6 Å². The van der Waals surface area contributed by atoms with Gasteiger partial charge in [0.15, 0.2) is 5.69 Å². The average molecular weight is 384 g/mol. The van der Waals surface area contributed by atoms with Gasteiger partial charge in [-0.2, -0.15) is 5.10 Å². The molecule has 7 heteroatoms. The third-order valence-electron chi connectivity index (χ3n) is 5.34. The number of nitrogens with one attached hydrogen (secondary N) is 2. The quantitative estimate of drug-likeness (QED) is 0.749. The van der Waals surface area contributed by atoms with Crippen LogP contribution >= 0.6 is 0 Å². The summed E-state index contributed by atoms with van der Waals surface area (Å²) in [5.41, 5.74) is 4.85. The van der Waals surface area contributed by atoms with Gasteiger partial charge in [0.2, 0.25) is 5.91 Å². The van der Waals surface area contributed by atoms with Gasteiger partial charge in [0, 0.05) is 18.4 Å². The molecule has 1 aliphatic carbocycles. The van der Waals surface area contributed by atoms with Gasteiger partial charge >= 0.3 is 0 Å². The third-order valence-corrected chi connectivity index (χ3v) is 5.34. The first-order valence-electron chi connectivity index (χ1n) is 10.2. The number of amides is 2. The fourth-order valence-corrected chi connectivity index (χ4v) is 3.83. The van der Waals surface area contributed by atoms with Crippen LogP contribution in [0, 0.1) is 5.92 Å². The number of hydrogen-bond donors (Lipinski definition) is 2. The van der Waals surface area contributed by atoms with Gasteiger partial charge < -0.3 is 0 Å². The van der Waals surface area contributed by atoms with E-state index >= 15 is 0 Å². The van der Waals surface area contributed by atoms with Crippen molar-refractivity contribution < 1.29 is 9.59 Å². The zero-order valence-electron chi connectivity index (χ0n) is 16.4. The Bertz CT molecular complexity index is 900. The lowest BCUT2D eigenvalue weighted by atomic mass is 9.86. The largest absolute Gasteiger partial charge is 0.290 e. The third kappa shape index (κ3) is 4.77. The molecule has 0 atom stereocenters. The summed E-state index contributed by atoms with van der Waals surface area (Å²) in [5.74, 6) is -0.115. The Morgan fingerprint density at radius 1 is 1.11 bits per heavy atom. The molecule has 0 radical (unpaired) electrons. The van der Waals surface area contributed by atoms with Crippen LogP contribution in [0.2, 0.25) is 0 Å². The van der Waals surface area contributed by atoms with Crippen LogP contribution in [0.3, 0.4) is 0 Å². The maximum absolute atomic E-state index is 12.6. The number of nitrogens with zero attached hydrogens (tertiary/aromatic N) is 2. The molecule has 2 N–H and O–H groups in total. The highest BCUT2D eigenvalue weighted by atomic mass is 16.2. The van der Waals surface area contributed by atoms with Gasteiger partial charge in [-0.25, -0.2) is 4.68 Å². The Hall–Kier alpha value is -2.70. The number of hydrogen-bond acceptors (Lipinski definition) is 4. The molecule has 2 aromatic rings. The van der Waals surface area contributed by atoms with Crippen molar-refractivity contribution in [2.24, 2.45) is 5.92 Å². The van der Waals surface area contributed by atoms with Crippen molar-refractivity contribution in [3.05, 3.63) is 40.3 Å². The standard InChI is InChI=1S/C21H28N4O3/c1-2-14-25-21(28)17-11-7-6-10-16(17)19(24-25)20(27)23-22-18(26)13-12-15-8-4-3-5-9-15/h6-7,10-11,15H,2-5,8-9,12-14H2,1H3,(H,22,26)(H,23,27). The molecule has 28 heavy (non-hydrogen) atoms. The lowest BCUT2D eigenvalue weighted by Gasteiger charge is -2.21. The number of carbonyl (C=O) groups is 2. The summed E-state index contributed by atoms with van der Waals surface area (Å²) < 4.78 is 1.31. The van der Waals surface area contributed by atoms with Crippen molar-refractivity contribution in [2.45, 2.75) is 64.8 Å². The Labute approximate surface area is 164 Å². The van der Waals surface area contributed by atoms with E-state index in [4.69, 9.17) is 0 Å². The maximum atomic E-state index is 12.6. The molecule has 2 amide bonds. The minimum absolute atomic E-state index is 0.135. The molecule has 1 fully saturated rings. The van der Waals surface area contributed by atoms with Crippen LogP contribution in [-0.4, -0.2) is 21.6 Å². The van der Waals surface area contributed by atoms with Crippen molar-refractivity contribution in [3.8, 4) is 0 Å². The molecule has 1 aromatic heterocycles. The van der Waals surface area contributed by atoms with Crippen LogP contribution in [0.1, 0.15) is 68.8 Å². The van der Waals surface area contributed by atoms with E-state index in [0.717, 1.165) is 12.8 Å². The van der Waals surface area contributed by atoms with Gasteiger partial charge in [-0.1, -0.05) is 57.2 Å².